The molecule has 2 aliphatic heterocycles. The minimum atomic E-state index is -0.747. The normalized spacial score (nSPS) is 23.4. The highest BCUT2D eigenvalue weighted by Crippen LogP contribution is 2.41. The monoisotopic (exact) mass is 350 g/mol. The number of benzene rings is 1. The third-order valence-electron chi connectivity index (χ3n) is 5.42. The summed E-state index contributed by atoms with van der Waals surface area (Å²) < 4.78 is 36.4. The van der Waals surface area contributed by atoms with Gasteiger partial charge in [-0.2, -0.15) is 4.98 Å². The molecule has 8 heteroatoms. The van der Waals surface area contributed by atoms with Crippen LogP contribution in [0.4, 0.5) is 14.6 Å². The fraction of sp³-hybridized carbons (Fsp3) is 0.529. The molecule has 4 rings (SSSR count). The molecule has 1 fully saturated rings. The molecule has 2 aromatic rings. The number of nitrogens with zero attached hydrogens (tertiary/aromatic N) is 4. The van der Waals surface area contributed by atoms with Crippen LogP contribution < -0.4 is 15.3 Å². The highest BCUT2D eigenvalue weighted by Gasteiger charge is 2.37. The lowest BCUT2D eigenvalue weighted by Gasteiger charge is -2.43. The molecule has 0 aliphatic carbocycles. The first-order valence-corrected chi connectivity index (χ1v) is 8.29. The quantitative estimate of drug-likeness (QED) is 0.719. The van der Waals surface area contributed by atoms with Gasteiger partial charge in [0.15, 0.2) is 17.4 Å². The zero-order valence-corrected chi connectivity index (χ0v) is 14.6. The number of hydrogen-bond acceptors (Lipinski definition) is 5. The van der Waals surface area contributed by atoms with Crippen LogP contribution in [-0.4, -0.2) is 53.3 Å². The van der Waals surface area contributed by atoms with Gasteiger partial charge in [-0.1, -0.05) is 0 Å². The third-order valence-corrected chi connectivity index (χ3v) is 5.42. The van der Waals surface area contributed by atoms with E-state index >= 15 is 0 Å². The van der Waals surface area contributed by atoms with E-state index in [1.54, 1.807) is 0 Å². The average Bonchev–Trinajstić information content (AvgIpc) is 2.71. The van der Waals surface area contributed by atoms with Crippen molar-refractivity contribution in [3.8, 4) is 5.75 Å². The molecule has 1 saturated heterocycles. The Morgan fingerprint density at radius 2 is 1.92 bits per heavy atom. The summed E-state index contributed by atoms with van der Waals surface area (Å²) in [7, 11) is 3.45. The molecular formula is C17H20F2N4O2. The molecule has 1 aromatic heterocycles. The van der Waals surface area contributed by atoms with Crippen molar-refractivity contribution in [2.75, 3.05) is 31.6 Å². The lowest BCUT2D eigenvalue weighted by molar-refractivity contribution is 0.164. The van der Waals surface area contributed by atoms with Crippen LogP contribution in [0.5, 0.6) is 5.75 Å². The lowest BCUT2D eigenvalue weighted by atomic mass is 10.1. The molecule has 1 aromatic carbocycles. The number of fused-ring (bicyclic) bond motifs is 2. The summed E-state index contributed by atoms with van der Waals surface area (Å²) in [5, 5.41) is 0.238. The number of aryl methyl sites for hydroxylation is 1. The highest BCUT2D eigenvalue weighted by atomic mass is 19.1. The van der Waals surface area contributed by atoms with Crippen molar-refractivity contribution in [3.63, 3.8) is 0 Å². The predicted octanol–water partition coefficient (Wildman–Crippen LogP) is 1.42. The molecule has 2 unspecified atom stereocenters. The minimum Gasteiger partial charge on any atom is -0.487 e. The molecule has 0 N–H and O–H groups in total. The number of ether oxygens (including phenoxy) is 1. The first-order valence-electron chi connectivity index (χ1n) is 8.29. The second-order valence-electron chi connectivity index (χ2n) is 6.99. The maximum Gasteiger partial charge on any atom is 0.349 e. The van der Waals surface area contributed by atoms with Gasteiger partial charge < -0.3 is 9.64 Å². The molecule has 3 heterocycles. The van der Waals surface area contributed by atoms with Crippen LogP contribution >= 0.6 is 0 Å². The number of likely N-dealkylation sites (N-methyl/N-ethyl adjacent to an activating group) is 1. The van der Waals surface area contributed by atoms with E-state index in [0.29, 0.717) is 18.9 Å². The standard InChI is InChI=1S/C17H20F2N4O2/c1-8-5-23-10(6-21(8)3)7-25-15-11-14(12(18)9(2)13(15)19)22(4)17(24)20-16(11)23/h8,10H,5-7H2,1-4H3. The minimum absolute atomic E-state index is 0.0169. The van der Waals surface area contributed by atoms with Gasteiger partial charge in [-0.15, -0.1) is 0 Å². The van der Waals surface area contributed by atoms with E-state index in [0.717, 1.165) is 4.57 Å². The molecule has 6 nitrogen and oxygen atoms in total. The molecule has 25 heavy (non-hydrogen) atoms. The van der Waals surface area contributed by atoms with Gasteiger partial charge >= 0.3 is 5.69 Å². The molecule has 0 saturated carbocycles. The molecule has 2 atom stereocenters. The Kier molecular flexibility index (Phi) is 3.50. The summed E-state index contributed by atoms with van der Waals surface area (Å²) >= 11 is 0. The lowest BCUT2D eigenvalue weighted by Crippen LogP contribution is -2.58. The summed E-state index contributed by atoms with van der Waals surface area (Å²) in [6, 6.07) is 0.137. The van der Waals surface area contributed by atoms with Gasteiger partial charge in [0, 0.05) is 31.7 Å². The van der Waals surface area contributed by atoms with Crippen LogP contribution in [0.2, 0.25) is 0 Å². The predicted molar refractivity (Wildman–Crippen MR) is 90.4 cm³/mol. The molecular weight excluding hydrogens is 330 g/mol. The summed E-state index contributed by atoms with van der Waals surface area (Å²) in [5.41, 5.74) is -0.679. The molecule has 0 amide bonds. The topological polar surface area (TPSA) is 50.6 Å². The van der Waals surface area contributed by atoms with Crippen molar-refractivity contribution in [2.45, 2.75) is 25.9 Å². The number of anilines is 1. The van der Waals surface area contributed by atoms with Crippen LogP contribution in [0.25, 0.3) is 10.9 Å². The van der Waals surface area contributed by atoms with Crippen LogP contribution in [-0.2, 0) is 7.05 Å². The second-order valence-corrected chi connectivity index (χ2v) is 6.99. The van der Waals surface area contributed by atoms with E-state index in [1.165, 1.54) is 14.0 Å². The maximum atomic E-state index is 14.8. The maximum absolute atomic E-state index is 14.8. The molecule has 2 aliphatic rings. The highest BCUT2D eigenvalue weighted by molar-refractivity contribution is 5.97. The van der Waals surface area contributed by atoms with Gasteiger partial charge in [-0.05, 0) is 20.9 Å². The van der Waals surface area contributed by atoms with E-state index in [9.17, 15) is 13.6 Å². The summed E-state index contributed by atoms with van der Waals surface area (Å²) in [6.45, 7) is 4.97. The van der Waals surface area contributed by atoms with E-state index in [-0.39, 0.29) is 40.9 Å². The van der Waals surface area contributed by atoms with Gasteiger partial charge in [0.05, 0.1) is 16.9 Å². The first-order chi connectivity index (χ1) is 11.8. The largest absolute Gasteiger partial charge is 0.487 e. The number of halogens is 2. The van der Waals surface area contributed by atoms with Crippen molar-refractivity contribution < 1.29 is 13.5 Å². The molecule has 134 valence electrons. The van der Waals surface area contributed by atoms with Gasteiger partial charge in [-0.25, -0.2) is 13.6 Å². The molecule has 0 bridgehead atoms. The Morgan fingerprint density at radius 3 is 2.64 bits per heavy atom. The van der Waals surface area contributed by atoms with Crippen LogP contribution in [0, 0.1) is 18.6 Å². The van der Waals surface area contributed by atoms with Gasteiger partial charge in [-0.3, -0.25) is 9.47 Å². The summed E-state index contributed by atoms with van der Waals surface area (Å²) in [5.74, 6) is -1.18. The summed E-state index contributed by atoms with van der Waals surface area (Å²) in [4.78, 5) is 20.6. The molecule has 0 radical (unpaired) electrons. The third kappa shape index (κ3) is 2.16. The number of rotatable bonds is 0. The zero-order valence-electron chi connectivity index (χ0n) is 14.6. The first kappa shape index (κ1) is 16.3. The van der Waals surface area contributed by atoms with Crippen molar-refractivity contribution >= 4 is 16.7 Å². The Bertz CT molecular complexity index is 943. The van der Waals surface area contributed by atoms with Crippen molar-refractivity contribution in [1.82, 2.24) is 14.5 Å². The van der Waals surface area contributed by atoms with E-state index in [1.807, 2.05) is 11.9 Å². The number of hydrogen-bond donors (Lipinski definition) is 0. The van der Waals surface area contributed by atoms with E-state index in [4.69, 9.17) is 4.74 Å². The number of piperazine rings is 1. The second kappa shape index (κ2) is 5.39. The Hall–Kier alpha value is -2.22. The Labute approximate surface area is 143 Å². The van der Waals surface area contributed by atoms with Crippen molar-refractivity contribution in [3.05, 3.63) is 27.7 Å². The van der Waals surface area contributed by atoms with Crippen LogP contribution in [0.15, 0.2) is 4.79 Å². The van der Waals surface area contributed by atoms with Gasteiger partial charge in [0.1, 0.15) is 12.4 Å². The number of aromatic nitrogens is 2. The van der Waals surface area contributed by atoms with Crippen molar-refractivity contribution in [2.24, 2.45) is 7.05 Å². The zero-order chi connectivity index (χ0) is 18.0. The average molecular weight is 350 g/mol. The fourth-order valence-corrected chi connectivity index (χ4v) is 3.72. The summed E-state index contributed by atoms with van der Waals surface area (Å²) in [6.07, 6.45) is 0. The van der Waals surface area contributed by atoms with Gasteiger partial charge in [0.25, 0.3) is 0 Å². The molecule has 0 spiro atoms. The Balaban J connectivity index is 2.09. The van der Waals surface area contributed by atoms with E-state index in [2.05, 4.69) is 16.8 Å². The van der Waals surface area contributed by atoms with Gasteiger partial charge in [0.2, 0.25) is 0 Å². The SMILES string of the molecule is Cc1c(F)c2c3c(nc(=O)n(C)c3c1F)N1CC(C)N(C)CC1CO2. The van der Waals surface area contributed by atoms with Crippen LogP contribution in [0.3, 0.4) is 0 Å². The fourth-order valence-electron chi connectivity index (χ4n) is 3.72. The van der Waals surface area contributed by atoms with Crippen molar-refractivity contribution in [1.29, 1.82) is 0 Å². The van der Waals surface area contributed by atoms with E-state index < -0.39 is 17.3 Å². The Morgan fingerprint density at radius 1 is 1.20 bits per heavy atom. The van der Waals surface area contributed by atoms with Crippen LogP contribution in [0.1, 0.15) is 12.5 Å². The smallest absolute Gasteiger partial charge is 0.349 e.